The van der Waals surface area contributed by atoms with Crippen LogP contribution in [0, 0.1) is 0 Å². The molecule has 0 spiro atoms. The molecule has 0 atom stereocenters. The molecule has 0 aliphatic heterocycles. The highest BCUT2D eigenvalue weighted by molar-refractivity contribution is 7.22. The van der Waals surface area contributed by atoms with E-state index in [-0.39, 0.29) is 18.3 Å². The fraction of sp³-hybridized carbons (Fsp3) is 0.333. The predicted molar refractivity (Wildman–Crippen MR) is 131 cm³/mol. The second-order valence-corrected chi connectivity index (χ2v) is 8.76. The van der Waals surface area contributed by atoms with Crippen LogP contribution in [0.1, 0.15) is 16.8 Å². The van der Waals surface area contributed by atoms with Crippen LogP contribution in [0.2, 0.25) is 10.0 Å². The number of amides is 1. The van der Waals surface area contributed by atoms with E-state index in [0.717, 1.165) is 23.2 Å². The van der Waals surface area contributed by atoms with Gasteiger partial charge < -0.3 is 14.4 Å². The average molecular weight is 505 g/mol. The Bertz CT molecular complexity index is 1020. The summed E-state index contributed by atoms with van der Waals surface area (Å²) in [5, 5.41) is 1.39. The van der Waals surface area contributed by atoms with Gasteiger partial charge in [0.05, 0.1) is 35.0 Å². The summed E-state index contributed by atoms with van der Waals surface area (Å²) in [5.41, 5.74) is 1.13. The Balaban J connectivity index is 0.00000341. The number of hydrogen-bond donors (Lipinski definition) is 0. The third-order valence-corrected chi connectivity index (χ3v) is 6.10. The Morgan fingerprint density at radius 3 is 2.35 bits per heavy atom. The summed E-state index contributed by atoms with van der Waals surface area (Å²) in [6, 6.07) is 8.56. The number of benzene rings is 2. The summed E-state index contributed by atoms with van der Waals surface area (Å²) in [6.45, 7) is 1.34. The van der Waals surface area contributed by atoms with Crippen LogP contribution in [0.5, 0.6) is 11.5 Å². The number of nitrogens with zero attached hydrogens (tertiary/aromatic N) is 3. The van der Waals surface area contributed by atoms with Crippen LogP contribution in [-0.2, 0) is 0 Å². The number of fused-ring (bicyclic) bond motifs is 1. The number of aromatic nitrogens is 1. The predicted octanol–water partition coefficient (Wildman–Crippen LogP) is 5.64. The number of methoxy groups -OCH3 is 2. The van der Waals surface area contributed by atoms with Gasteiger partial charge in [0.15, 0.2) is 16.6 Å². The minimum atomic E-state index is -0.214. The molecule has 6 nitrogen and oxygen atoms in total. The number of rotatable bonds is 8. The van der Waals surface area contributed by atoms with Crippen molar-refractivity contribution in [2.75, 3.05) is 46.3 Å². The molecule has 0 fully saturated rings. The molecule has 3 rings (SSSR count). The van der Waals surface area contributed by atoms with Crippen LogP contribution in [-0.4, -0.2) is 57.2 Å². The third kappa shape index (κ3) is 5.93. The molecule has 0 saturated carbocycles. The molecule has 0 bridgehead atoms. The maximum absolute atomic E-state index is 13.4. The van der Waals surface area contributed by atoms with Gasteiger partial charge in [-0.1, -0.05) is 34.5 Å². The normalized spacial score (nSPS) is 10.8. The van der Waals surface area contributed by atoms with E-state index in [1.807, 2.05) is 26.2 Å². The maximum Gasteiger partial charge on any atom is 0.261 e. The molecule has 0 aliphatic carbocycles. The number of anilines is 1. The van der Waals surface area contributed by atoms with Gasteiger partial charge in [0, 0.05) is 23.7 Å². The van der Waals surface area contributed by atoms with Crippen molar-refractivity contribution in [1.29, 1.82) is 0 Å². The van der Waals surface area contributed by atoms with Crippen LogP contribution >= 0.6 is 46.9 Å². The van der Waals surface area contributed by atoms with E-state index >= 15 is 0 Å². The Kier molecular flexibility index (Phi) is 9.21. The second kappa shape index (κ2) is 11.2. The standard InChI is InChI=1S/C21H23Cl2N3O3S.ClH/c1-25(2)8-5-9-26(20(27)14-7-6-13(22)10-15(14)23)21-24-16-11-17(28-3)18(29-4)12-19(16)30-21;/h6-7,10-12H,5,8-9H2,1-4H3;1H. The van der Waals surface area contributed by atoms with Gasteiger partial charge in [-0.3, -0.25) is 9.69 Å². The second-order valence-electron chi connectivity index (χ2n) is 6.91. The molecule has 168 valence electrons. The Morgan fingerprint density at radius 2 is 1.74 bits per heavy atom. The van der Waals surface area contributed by atoms with Crippen molar-refractivity contribution >= 4 is 68.2 Å². The van der Waals surface area contributed by atoms with Gasteiger partial charge in [0.2, 0.25) is 0 Å². The van der Waals surface area contributed by atoms with Crippen molar-refractivity contribution in [2.24, 2.45) is 0 Å². The minimum absolute atomic E-state index is 0. The average Bonchev–Trinajstić information content (AvgIpc) is 3.11. The summed E-state index contributed by atoms with van der Waals surface area (Å²) in [4.78, 5) is 21.8. The first kappa shape index (κ1) is 25.5. The molecule has 1 aromatic heterocycles. The van der Waals surface area contributed by atoms with Gasteiger partial charge in [0.25, 0.3) is 5.91 Å². The zero-order valence-corrected chi connectivity index (χ0v) is 20.8. The lowest BCUT2D eigenvalue weighted by molar-refractivity contribution is 0.0986. The molecule has 0 saturated heterocycles. The van der Waals surface area contributed by atoms with E-state index in [9.17, 15) is 4.79 Å². The lowest BCUT2D eigenvalue weighted by Gasteiger charge is -2.21. The van der Waals surface area contributed by atoms with Crippen LogP contribution in [0.15, 0.2) is 30.3 Å². The lowest BCUT2D eigenvalue weighted by atomic mass is 10.2. The summed E-state index contributed by atoms with van der Waals surface area (Å²) in [7, 11) is 7.17. The quantitative estimate of drug-likeness (QED) is 0.397. The van der Waals surface area contributed by atoms with Crippen molar-refractivity contribution in [3.05, 3.63) is 45.9 Å². The van der Waals surface area contributed by atoms with Crippen molar-refractivity contribution < 1.29 is 14.3 Å². The van der Waals surface area contributed by atoms with Crippen molar-refractivity contribution in [3.63, 3.8) is 0 Å². The molecule has 0 radical (unpaired) electrons. The summed E-state index contributed by atoms with van der Waals surface area (Å²) >= 11 is 13.7. The van der Waals surface area contributed by atoms with E-state index in [2.05, 4.69) is 4.90 Å². The largest absolute Gasteiger partial charge is 0.493 e. The number of thiazole rings is 1. The molecule has 1 heterocycles. The van der Waals surface area contributed by atoms with Crippen LogP contribution in [0.3, 0.4) is 0 Å². The van der Waals surface area contributed by atoms with Crippen LogP contribution in [0.4, 0.5) is 5.13 Å². The van der Waals surface area contributed by atoms with E-state index in [4.69, 9.17) is 37.7 Å². The van der Waals surface area contributed by atoms with Gasteiger partial charge in [-0.25, -0.2) is 4.98 Å². The fourth-order valence-electron chi connectivity index (χ4n) is 3.00. The SMILES string of the molecule is COc1cc2nc(N(CCCN(C)C)C(=O)c3ccc(Cl)cc3Cl)sc2cc1OC.Cl. The number of hydrogen-bond acceptors (Lipinski definition) is 6. The Morgan fingerprint density at radius 1 is 1.06 bits per heavy atom. The summed E-state index contributed by atoms with van der Waals surface area (Å²) < 4.78 is 11.7. The zero-order valence-electron chi connectivity index (χ0n) is 17.6. The first-order valence-corrected chi connectivity index (χ1v) is 10.9. The highest BCUT2D eigenvalue weighted by atomic mass is 35.5. The highest BCUT2D eigenvalue weighted by Gasteiger charge is 2.24. The van der Waals surface area contributed by atoms with Gasteiger partial charge in [-0.2, -0.15) is 0 Å². The van der Waals surface area contributed by atoms with Crippen LogP contribution in [0.25, 0.3) is 10.2 Å². The van der Waals surface area contributed by atoms with Crippen molar-refractivity contribution in [2.45, 2.75) is 6.42 Å². The molecule has 3 aromatic rings. The van der Waals surface area contributed by atoms with E-state index in [1.165, 1.54) is 11.3 Å². The van der Waals surface area contributed by atoms with Crippen molar-refractivity contribution in [1.82, 2.24) is 9.88 Å². The Labute approximate surface area is 202 Å². The molecule has 2 aromatic carbocycles. The van der Waals surface area contributed by atoms with Gasteiger partial charge in [-0.15, -0.1) is 12.4 Å². The maximum atomic E-state index is 13.4. The number of halogens is 3. The first-order chi connectivity index (χ1) is 14.3. The van der Waals surface area contributed by atoms with Gasteiger partial charge in [0.1, 0.15) is 0 Å². The van der Waals surface area contributed by atoms with Gasteiger partial charge >= 0.3 is 0 Å². The summed E-state index contributed by atoms with van der Waals surface area (Å²) in [6.07, 6.45) is 0.784. The third-order valence-electron chi connectivity index (χ3n) is 4.51. The highest BCUT2D eigenvalue weighted by Crippen LogP contribution is 2.38. The number of ether oxygens (including phenoxy) is 2. The topological polar surface area (TPSA) is 54.9 Å². The molecule has 0 unspecified atom stereocenters. The smallest absolute Gasteiger partial charge is 0.261 e. The number of carbonyl (C=O) groups excluding carboxylic acids is 1. The molecule has 1 amide bonds. The lowest BCUT2D eigenvalue weighted by Crippen LogP contribution is -2.33. The van der Waals surface area contributed by atoms with Crippen molar-refractivity contribution in [3.8, 4) is 11.5 Å². The van der Waals surface area contributed by atoms with E-state index < -0.39 is 0 Å². The number of carbonyl (C=O) groups is 1. The summed E-state index contributed by atoms with van der Waals surface area (Å²) in [5.74, 6) is 0.993. The van der Waals surface area contributed by atoms with Gasteiger partial charge in [-0.05, 0) is 45.3 Å². The van der Waals surface area contributed by atoms with Crippen LogP contribution < -0.4 is 14.4 Å². The Hall–Kier alpha value is -1.77. The molecular weight excluding hydrogens is 481 g/mol. The first-order valence-electron chi connectivity index (χ1n) is 9.28. The molecule has 0 N–H and O–H groups in total. The minimum Gasteiger partial charge on any atom is -0.493 e. The molecule has 0 aliphatic rings. The van der Waals surface area contributed by atoms with E-state index in [0.29, 0.717) is 38.8 Å². The molecule has 10 heteroatoms. The van der Waals surface area contributed by atoms with E-state index in [1.54, 1.807) is 37.3 Å². The zero-order chi connectivity index (χ0) is 21.8. The molecular formula is C21H24Cl3N3O3S. The fourth-order valence-corrected chi connectivity index (χ4v) is 4.49. The molecule has 31 heavy (non-hydrogen) atoms. The monoisotopic (exact) mass is 503 g/mol.